The summed E-state index contributed by atoms with van der Waals surface area (Å²) in [4.78, 5) is 44.4. The molecule has 0 aromatic heterocycles. The van der Waals surface area contributed by atoms with E-state index >= 15 is 0 Å². The van der Waals surface area contributed by atoms with Crippen LogP contribution in [0.2, 0.25) is 0 Å². The SMILES string of the molecule is O=C(O)CN(CCN(CC(=O)O)CC(=O)O)CC(=O)O.[NaH].[NaH].[PbH2]. The maximum atomic E-state index is 10.6. The second-order valence-corrected chi connectivity index (χ2v) is 4.00. The van der Waals surface area contributed by atoms with Crippen molar-refractivity contribution >= 4 is 110 Å². The van der Waals surface area contributed by atoms with Crippen molar-refractivity contribution in [2.45, 2.75) is 0 Å². The molecule has 4 N–H and O–H groups in total. The van der Waals surface area contributed by atoms with E-state index in [0.29, 0.717) is 0 Å². The fraction of sp³-hybridized carbons (Fsp3) is 0.600. The van der Waals surface area contributed by atoms with Gasteiger partial charge in [-0.25, -0.2) is 0 Å². The van der Waals surface area contributed by atoms with Crippen LogP contribution in [-0.4, -0.2) is 180 Å². The number of nitrogens with zero attached hydrogens (tertiary/aromatic N) is 2. The van der Waals surface area contributed by atoms with Crippen molar-refractivity contribution in [1.82, 2.24) is 9.80 Å². The molecule has 2 radical (unpaired) electrons. The van der Waals surface area contributed by atoms with Crippen molar-refractivity contribution in [3.63, 3.8) is 0 Å². The summed E-state index contributed by atoms with van der Waals surface area (Å²) >= 11 is 0. The molecule has 0 unspecified atom stereocenters. The van der Waals surface area contributed by atoms with Gasteiger partial charge >= 0.3 is 110 Å². The first kappa shape index (κ1) is 31.5. The van der Waals surface area contributed by atoms with E-state index in [2.05, 4.69) is 0 Å². The Balaban J connectivity index is -0.000000602. The van der Waals surface area contributed by atoms with Gasteiger partial charge in [-0.15, -0.1) is 0 Å². The van der Waals surface area contributed by atoms with Crippen LogP contribution < -0.4 is 0 Å². The normalized spacial score (nSPS) is 9.30. The standard InChI is InChI=1S/C10H16N2O8.2Na.Pb.4H/c13-7(14)3-11(4-8(15)16)1-2-12(5-9(17)18)6-10(19)20;;;;;;;/h1-6H2,(H,13,14)(H,15,16)(H,17,18)(H,19,20);;;;;;;. The van der Waals surface area contributed by atoms with Gasteiger partial charge in [-0.05, 0) is 0 Å². The van der Waals surface area contributed by atoms with Gasteiger partial charge in [0.1, 0.15) is 0 Å². The summed E-state index contributed by atoms with van der Waals surface area (Å²) in [6, 6.07) is 0. The molecule has 0 heterocycles. The molecule has 0 aromatic carbocycles. The summed E-state index contributed by atoms with van der Waals surface area (Å²) in [7, 11) is 0. The monoisotopic (exact) mass is 550 g/mol. The van der Waals surface area contributed by atoms with Crippen LogP contribution in [0.4, 0.5) is 0 Å². The van der Waals surface area contributed by atoms with Crippen LogP contribution in [0.5, 0.6) is 0 Å². The second-order valence-electron chi connectivity index (χ2n) is 4.00. The molecule has 124 valence electrons. The Labute approximate surface area is 196 Å². The number of hydrogen-bond acceptors (Lipinski definition) is 6. The summed E-state index contributed by atoms with van der Waals surface area (Å²) in [6.07, 6.45) is 0. The van der Waals surface area contributed by atoms with E-state index in [0.717, 1.165) is 9.80 Å². The average Bonchev–Trinajstić information content (AvgIpc) is 2.22. The number of rotatable bonds is 11. The Bertz CT molecular complexity index is 331. The van der Waals surface area contributed by atoms with Crippen LogP contribution >= 0.6 is 0 Å². The summed E-state index contributed by atoms with van der Waals surface area (Å²) in [5, 5.41) is 34.5. The molecule has 0 aliphatic heterocycles. The second kappa shape index (κ2) is 17.5. The van der Waals surface area contributed by atoms with E-state index in [1.807, 2.05) is 0 Å². The van der Waals surface area contributed by atoms with Crippen LogP contribution in [0, 0.1) is 0 Å². The third-order valence-corrected chi connectivity index (χ3v) is 2.17. The fourth-order valence-corrected chi connectivity index (χ4v) is 1.48. The van der Waals surface area contributed by atoms with E-state index in [1.165, 1.54) is 0 Å². The molecule has 0 aliphatic rings. The minimum absolute atomic E-state index is 0. The molecule has 0 atom stereocenters. The van der Waals surface area contributed by atoms with Crippen LogP contribution in [0.3, 0.4) is 0 Å². The molecule has 13 heteroatoms. The Morgan fingerprint density at radius 1 is 0.565 bits per heavy atom. The Morgan fingerprint density at radius 3 is 0.870 bits per heavy atom. The van der Waals surface area contributed by atoms with E-state index in [4.69, 9.17) is 20.4 Å². The van der Waals surface area contributed by atoms with Crippen molar-refractivity contribution in [3.05, 3.63) is 0 Å². The summed E-state index contributed by atoms with van der Waals surface area (Å²) in [5.41, 5.74) is 0. The molecule has 23 heavy (non-hydrogen) atoms. The number of aliphatic carboxylic acids is 4. The van der Waals surface area contributed by atoms with Crippen molar-refractivity contribution in [1.29, 1.82) is 0 Å². The van der Waals surface area contributed by atoms with Crippen LogP contribution in [-0.2, 0) is 19.2 Å². The summed E-state index contributed by atoms with van der Waals surface area (Å²) < 4.78 is 0. The zero-order valence-corrected chi connectivity index (χ0v) is 16.8. The third kappa shape index (κ3) is 20.7. The molecule has 0 aliphatic carbocycles. The van der Waals surface area contributed by atoms with Gasteiger partial charge in [-0.2, -0.15) is 0 Å². The number of hydrogen-bond donors (Lipinski definition) is 4. The van der Waals surface area contributed by atoms with Gasteiger partial charge < -0.3 is 20.4 Å². The minimum atomic E-state index is -1.23. The molecule has 0 rings (SSSR count). The van der Waals surface area contributed by atoms with Crippen molar-refractivity contribution in [2.75, 3.05) is 39.3 Å². The zero-order chi connectivity index (χ0) is 15.7. The molecular weight excluding hydrogens is 529 g/mol. The number of carboxylic acids is 4. The topological polar surface area (TPSA) is 156 Å². The van der Waals surface area contributed by atoms with Crippen LogP contribution in [0.1, 0.15) is 0 Å². The predicted octanol–water partition coefficient (Wildman–Crippen LogP) is -4.28. The zero-order valence-electron chi connectivity index (χ0n) is 11.3. The quantitative estimate of drug-likeness (QED) is 0.186. The Morgan fingerprint density at radius 2 is 0.739 bits per heavy atom. The third-order valence-electron chi connectivity index (χ3n) is 2.17. The van der Waals surface area contributed by atoms with Crippen molar-refractivity contribution in [3.8, 4) is 0 Å². The van der Waals surface area contributed by atoms with E-state index in [-0.39, 0.29) is 99.5 Å². The average molecular weight is 549 g/mol. The van der Waals surface area contributed by atoms with Gasteiger partial charge in [0.05, 0.1) is 26.2 Å². The Kier molecular flexibility index (Phi) is 24.0. The van der Waals surface area contributed by atoms with Gasteiger partial charge in [0.2, 0.25) is 0 Å². The van der Waals surface area contributed by atoms with Gasteiger partial charge in [0, 0.05) is 13.1 Å². The van der Waals surface area contributed by atoms with E-state index in [9.17, 15) is 19.2 Å². The van der Waals surface area contributed by atoms with Crippen molar-refractivity contribution in [2.24, 2.45) is 0 Å². The molecule has 0 fully saturated rings. The number of carboxylic acid groups (broad SMARTS) is 4. The van der Waals surface area contributed by atoms with Gasteiger partial charge in [-0.3, -0.25) is 29.0 Å². The molecule has 0 amide bonds. The van der Waals surface area contributed by atoms with Crippen LogP contribution in [0.25, 0.3) is 0 Å². The van der Waals surface area contributed by atoms with Gasteiger partial charge in [-0.1, -0.05) is 0 Å². The van der Waals surface area contributed by atoms with Crippen LogP contribution in [0.15, 0.2) is 0 Å². The molecule has 0 spiro atoms. The Hall–Kier alpha value is 0.722. The van der Waals surface area contributed by atoms with E-state index < -0.39 is 50.1 Å². The predicted molar refractivity (Wildman–Crippen MR) is 86.3 cm³/mol. The first-order chi connectivity index (χ1) is 9.20. The fourth-order valence-electron chi connectivity index (χ4n) is 1.48. The molecule has 0 aromatic rings. The van der Waals surface area contributed by atoms with Gasteiger partial charge in [0.15, 0.2) is 0 Å². The molecule has 0 saturated heterocycles. The van der Waals surface area contributed by atoms with Crippen molar-refractivity contribution < 1.29 is 39.6 Å². The first-order valence-corrected chi connectivity index (χ1v) is 5.52. The molecule has 0 saturated carbocycles. The maximum absolute atomic E-state index is 10.6. The first-order valence-electron chi connectivity index (χ1n) is 5.52. The molecule has 10 nitrogen and oxygen atoms in total. The molecular formula is C10H20N2Na2O8Pb. The number of carbonyl (C=O) groups is 4. The molecule has 0 bridgehead atoms. The summed E-state index contributed by atoms with van der Waals surface area (Å²) in [5.74, 6) is -4.91. The summed E-state index contributed by atoms with van der Waals surface area (Å²) in [6.45, 7) is -2.25. The van der Waals surface area contributed by atoms with E-state index in [1.54, 1.807) is 0 Å². The van der Waals surface area contributed by atoms with Gasteiger partial charge in [0.25, 0.3) is 0 Å².